The van der Waals surface area contributed by atoms with Crippen LogP contribution in [0, 0.1) is 0 Å². The molecule has 0 aliphatic heterocycles. The van der Waals surface area contributed by atoms with Crippen molar-refractivity contribution in [2.75, 3.05) is 12.4 Å². The Bertz CT molecular complexity index is 944. The Labute approximate surface area is 141 Å². The molecule has 0 radical (unpaired) electrons. The number of carbonyl (C=O) groups excluding carboxylic acids is 1. The Morgan fingerprint density at radius 2 is 1.96 bits per heavy atom. The lowest BCUT2D eigenvalue weighted by Crippen LogP contribution is -2.05. The summed E-state index contributed by atoms with van der Waals surface area (Å²) in [7, 11) is 0. The maximum Gasteiger partial charge on any atom is 0.330 e. The van der Waals surface area contributed by atoms with Gasteiger partial charge < -0.3 is 4.74 Å². The van der Waals surface area contributed by atoms with E-state index in [1.807, 2.05) is 42.5 Å². The summed E-state index contributed by atoms with van der Waals surface area (Å²) in [6.45, 7) is 3.65. The summed E-state index contributed by atoms with van der Waals surface area (Å²) < 4.78 is 6.94. The minimum absolute atomic E-state index is 0.0561. The monoisotopic (exact) mass is 342 g/mol. The summed E-state index contributed by atoms with van der Waals surface area (Å²) in [6, 6.07) is 13.5. The normalized spacial score (nSPS) is 10.8. The van der Waals surface area contributed by atoms with Crippen LogP contribution >= 0.6 is 23.1 Å². The predicted molar refractivity (Wildman–Crippen MR) is 97.5 cm³/mol. The van der Waals surface area contributed by atoms with E-state index in [0.29, 0.717) is 5.75 Å². The molecule has 5 heteroatoms. The number of hydrogen-bond acceptors (Lipinski definition) is 5. The van der Waals surface area contributed by atoms with Crippen LogP contribution in [0.1, 0.15) is 0 Å². The van der Waals surface area contributed by atoms with Gasteiger partial charge >= 0.3 is 5.97 Å². The lowest BCUT2D eigenvalue weighted by atomic mass is 10.2. The van der Waals surface area contributed by atoms with Gasteiger partial charge in [0, 0.05) is 31.5 Å². The van der Waals surface area contributed by atoms with Gasteiger partial charge in [-0.1, -0.05) is 24.8 Å². The van der Waals surface area contributed by atoms with Crippen LogP contribution in [0.5, 0.6) is 0 Å². The van der Waals surface area contributed by atoms with Crippen molar-refractivity contribution in [2.24, 2.45) is 0 Å². The number of thioether (sulfide) groups is 1. The zero-order chi connectivity index (χ0) is 16.2. The fraction of sp³-hybridized carbons (Fsp3) is 0.111. The van der Waals surface area contributed by atoms with Gasteiger partial charge in [0.1, 0.15) is 6.61 Å². The number of benzene rings is 2. The molecule has 0 unspecified atom stereocenters. The third kappa shape index (κ3) is 3.30. The summed E-state index contributed by atoms with van der Waals surface area (Å²) in [5, 5.41) is 1.49. The predicted octanol–water partition coefficient (Wildman–Crippen LogP) is 4.24. The molecule has 0 N–H and O–H groups in total. The van der Waals surface area contributed by atoms with E-state index in [9.17, 15) is 9.59 Å². The number of ether oxygens (including phenoxy) is 1. The van der Waals surface area contributed by atoms with Crippen molar-refractivity contribution in [1.29, 1.82) is 0 Å². The Morgan fingerprint density at radius 3 is 2.78 bits per heavy atom. The average Bonchev–Trinajstić information content (AvgIpc) is 2.58. The Hall–Kier alpha value is -2.11. The van der Waals surface area contributed by atoms with Crippen molar-refractivity contribution >= 4 is 49.2 Å². The molecule has 0 saturated carbocycles. The molecule has 116 valence electrons. The average molecular weight is 342 g/mol. The number of hydrogen-bond donors (Lipinski definition) is 0. The first-order chi connectivity index (χ1) is 11.2. The molecule has 0 atom stereocenters. The van der Waals surface area contributed by atoms with Crippen LogP contribution in [-0.4, -0.2) is 18.3 Å². The van der Waals surface area contributed by atoms with Gasteiger partial charge in [-0.15, -0.1) is 23.1 Å². The van der Waals surface area contributed by atoms with E-state index in [-0.39, 0.29) is 12.0 Å². The Balaban J connectivity index is 1.95. The molecule has 0 spiro atoms. The van der Waals surface area contributed by atoms with E-state index < -0.39 is 5.97 Å². The second-order valence-electron chi connectivity index (χ2n) is 4.78. The number of rotatable bonds is 5. The van der Waals surface area contributed by atoms with Crippen LogP contribution in [-0.2, 0) is 9.53 Å². The van der Waals surface area contributed by atoms with Crippen LogP contribution < -0.4 is 5.43 Å². The second-order valence-corrected chi connectivity index (χ2v) is 7.00. The van der Waals surface area contributed by atoms with Crippen LogP contribution in [0.2, 0.25) is 0 Å². The zero-order valence-corrected chi connectivity index (χ0v) is 13.9. The summed E-state index contributed by atoms with van der Waals surface area (Å²) in [4.78, 5) is 24.7. The highest BCUT2D eigenvalue weighted by molar-refractivity contribution is 7.99. The summed E-state index contributed by atoms with van der Waals surface area (Å²) >= 11 is 3.14. The second kappa shape index (κ2) is 6.98. The van der Waals surface area contributed by atoms with E-state index in [0.717, 1.165) is 31.1 Å². The highest BCUT2D eigenvalue weighted by atomic mass is 32.2. The lowest BCUT2D eigenvalue weighted by Gasteiger charge is -2.07. The number of carbonyl (C=O) groups is 1. The smallest absolute Gasteiger partial charge is 0.330 e. The molecular weight excluding hydrogens is 328 g/mol. The topological polar surface area (TPSA) is 43.4 Å². The van der Waals surface area contributed by atoms with Crippen LogP contribution in [0.3, 0.4) is 0 Å². The fourth-order valence-electron chi connectivity index (χ4n) is 2.29. The van der Waals surface area contributed by atoms with E-state index in [2.05, 4.69) is 6.58 Å². The minimum atomic E-state index is -0.429. The lowest BCUT2D eigenvalue weighted by molar-refractivity contribution is -0.137. The molecule has 1 heterocycles. The molecule has 0 amide bonds. The van der Waals surface area contributed by atoms with Crippen molar-refractivity contribution in [3.63, 3.8) is 0 Å². The number of fused-ring (bicyclic) bond motifs is 2. The van der Waals surface area contributed by atoms with Gasteiger partial charge in [0.2, 0.25) is 0 Å². The maximum atomic E-state index is 12.8. The summed E-state index contributed by atoms with van der Waals surface area (Å²) in [5.74, 6) is 0.163. The highest BCUT2D eigenvalue weighted by Gasteiger charge is 2.10. The quantitative estimate of drug-likeness (QED) is 0.229. The van der Waals surface area contributed by atoms with Gasteiger partial charge in [-0.2, -0.15) is 0 Å². The van der Waals surface area contributed by atoms with Crippen LogP contribution in [0.25, 0.3) is 20.2 Å². The van der Waals surface area contributed by atoms with Gasteiger partial charge in [0.05, 0.1) is 5.39 Å². The first kappa shape index (κ1) is 15.8. The van der Waals surface area contributed by atoms with Gasteiger partial charge in [0.25, 0.3) is 0 Å². The molecule has 0 bridgehead atoms. The third-order valence-corrected chi connectivity index (χ3v) is 5.48. The van der Waals surface area contributed by atoms with E-state index in [1.54, 1.807) is 11.3 Å². The van der Waals surface area contributed by atoms with Gasteiger partial charge in [-0.3, -0.25) is 4.79 Å². The van der Waals surface area contributed by atoms with Gasteiger partial charge in [-0.25, -0.2) is 4.79 Å². The zero-order valence-electron chi connectivity index (χ0n) is 12.3. The molecule has 23 heavy (non-hydrogen) atoms. The van der Waals surface area contributed by atoms with E-state index >= 15 is 0 Å². The summed E-state index contributed by atoms with van der Waals surface area (Å²) in [6.07, 6.45) is 1.14. The van der Waals surface area contributed by atoms with Crippen molar-refractivity contribution in [3.8, 4) is 0 Å². The molecule has 2 aromatic carbocycles. The molecule has 0 fully saturated rings. The van der Waals surface area contributed by atoms with E-state index in [4.69, 9.17) is 4.74 Å². The minimum Gasteiger partial charge on any atom is -0.462 e. The van der Waals surface area contributed by atoms with Crippen LogP contribution in [0.15, 0.2) is 64.8 Å². The first-order valence-corrected chi connectivity index (χ1v) is 8.87. The van der Waals surface area contributed by atoms with Crippen molar-refractivity contribution in [2.45, 2.75) is 4.90 Å². The molecule has 3 nitrogen and oxygen atoms in total. The molecule has 1 aromatic heterocycles. The Kier molecular flexibility index (Phi) is 4.79. The van der Waals surface area contributed by atoms with Gasteiger partial charge in [-0.05, 0) is 24.3 Å². The highest BCUT2D eigenvalue weighted by Crippen LogP contribution is 2.31. The molecular formula is C18H14O3S2. The molecule has 0 aliphatic rings. The third-order valence-electron chi connectivity index (χ3n) is 3.32. The maximum absolute atomic E-state index is 12.8. The summed E-state index contributed by atoms with van der Waals surface area (Å²) in [5.41, 5.74) is 0.0561. The molecule has 0 aliphatic carbocycles. The SMILES string of the molecule is C=CC(=O)OCCSc1cccc2sc3ccccc3c(=O)c12. The fourth-order valence-corrected chi connectivity index (χ4v) is 4.37. The number of esters is 1. The largest absolute Gasteiger partial charge is 0.462 e. The van der Waals surface area contributed by atoms with E-state index in [1.165, 1.54) is 11.8 Å². The van der Waals surface area contributed by atoms with Crippen LogP contribution in [0.4, 0.5) is 0 Å². The molecule has 0 saturated heterocycles. The van der Waals surface area contributed by atoms with Crippen molar-refractivity contribution in [3.05, 3.63) is 65.3 Å². The molecule has 3 rings (SSSR count). The van der Waals surface area contributed by atoms with Crippen molar-refractivity contribution in [1.82, 2.24) is 0 Å². The molecule has 3 aromatic rings. The Morgan fingerprint density at radius 1 is 1.17 bits per heavy atom. The standard InChI is InChI=1S/C18H14O3S2/c1-2-16(19)21-10-11-22-14-8-5-9-15-17(14)18(20)12-6-3-4-7-13(12)23-15/h2-9H,1,10-11H2. The van der Waals surface area contributed by atoms with Crippen molar-refractivity contribution < 1.29 is 9.53 Å². The first-order valence-electron chi connectivity index (χ1n) is 7.07. The van der Waals surface area contributed by atoms with Gasteiger partial charge in [0.15, 0.2) is 5.43 Å².